The largest absolute Gasteiger partial charge is 0.317 e. The van der Waals surface area contributed by atoms with Crippen LogP contribution in [-0.4, -0.2) is 11.2 Å². The van der Waals surface area contributed by atoms with Gasteiger partial charge in [0.15, 0.2) is 0 Å². The van der Waals surface area contributed by atoms with Crippen molar-refractivity contribution in [2.75, 3.05) is 0 Å². The van der Waals surface area contributed by atoms with Gasteiger partial charge in [-0.05, 0) is 13.3 Å². The first-order valence-corrected chi connectivity index (χ1v) is 4.20. The molecule has 1 atom stereocenters. The zero-order valence-corrected chi connectivity index (χ0v) is 7.06. The molecule has 0 bridgehead atoms. The van der Waals surface area contributed by atoms with Gasteiger partial charge in [0, 0.05) is 6.04 Å². The van der Waals surface area contributed by atoms with Gasteiger partial charge in [-0.25, -0.2) is 5.48 Å². The fraction of sp³-hybridized carbons (Fsp3) is 1.00. The molecule has 0 saturated heterocycles. The number of rotatable bonds is 6. The molecular formula is C8H19NO. The Labute approximate surface area is 63.6 Å². The highest BCUT2D eigenvalue weighted by Gasteiger charge is 1.96. The Morgan fingerprint density at radius 2 is 2.00 bits per heavy atom. The second kappa shape index (κ2) is 7.03. The zero-order chi connectivity index (χ0) is 7.82. The van der Waals surface area contributed by atoms with Crippen LogP contribution in [0, 0.1) is 0 Å². The van der Waals surface area contributed by atoms with Crippen molar-refractivity contribution >= 4 is 0 Å². The maximum absolute atomic E-state index is 8.44. The Bertz CT molecular complexity index is 66.3. The molecule has 0 aliphatic rings. The molecule has 0 aromatic heterocycles. The lowest BCUT2D eigenvalue weighted by atomic mass is 10.1. The molecule has 2 heteroatoms. The lowest BCUT2D eigenvalue weighted by Gasteiger charge is -2.06. The zero-order valence-electron chi connectivity index (χ0n) is 7.06. The molecule has 0 saturated carbocycles. The van der Waals surface area contributed by atoms with E-state index in [1.165, 1.54) is 25.7 Å². The summed E-state index contributed by atoms with van der Waals surface area (Å²) in [5.74, 6) is 0. The molecule has 2 nitrogen and oxygen atoms in total. The minimum atomic E-state index is 0.261. The monoisotopic (exact) mass is 145 g/mol. The van der Waals surface area contributed by atoms with Crippen molar-refractivity contribution in [3.8, 4) is 0 Å². The molecule has 0 aromatic rings. The summed E-state index contributed by atoms with van der Waals surface area (Å²) in [4.78, 5) is 0. The second-order valence-electron chi connectivity index (χ2n) is 2.88. The van der Waals surface area contributed by atoms with Crippen LogP contribution in [0.4, 0.5) is 0 Å². The number of hydrogen-bond donors (Lipinski definition) is 2. The Hall–Kier alpha value is -0.0800. The lowest BCUT2D eigenvalue weighted by molar-refractivity contribution is 0.127. The minimum absolute atomic E-state index is 0.261. The first-order valence-electron chi connectivity index (χ1n) is 4.20. The second-order valence-corrected chi connectivity index (χ2v) is 2.88. The van der Waals surface area contributed by atoms with Crippen LogP contribution in [0.3, 0.4) is 0 Å². The fourth-order valence-electron chi connectivity index (χ4n) is 0.942. The van der Waals surface area contributed by atoms with Crippen molar-refractivity contribution in [2.24, 2.45) is 0 Å². The number of hydrogen-bond acceptors (Lipinski definition) is 2. The molecule has 0 amide bonds. The van der Waals surface area contributed by atoms with Gasteiger partial charge in [0.2, 0.25) is 0 Å². The Balaban J connectivity index is 2.89. The van der Waals surface area contributed by atoms with Crippen LogP contribution >= 0.6 is 0 Å². The van der Waals surface area contributed by atoms with Gasteiger partial charge in [-0.2, -0.15) is 0 Å². The molecule has 0 aromatic carbocycles. The fourth-order valence-corrected chi connectivity index (χ4v) is 0.942. The van der Waals surface area contributed by atoms with E-state index < -0.39 is 0 Å². The van der Waals surface area contributed by atoms with Gasteiger partial charge >= 0.3 is 0 Å². The minimum Gasteiger partial charge on any atom is -0.317 e. The Morgan fingerprint density at radius 3 is 2.50 bits per heavy atom. The molecule has 2 N–H and O–H groups in total. The molecule has 62 valence electrons. The summed E-state index contributed by atoms with van der Waals surface area (Å²) < 4.78 is 0. The average Bonchev–Trinajstić information content (AvgIpc) is 1.98. The van der Waals surface area contributed by atoms with Crippen molar-refractivity contribution in [1.82, 2.24) is 5.48 Å². The topological polar surface area (TPSA) is 32.3 Å². The predicted octanol–water partition coefficient (Wildman–Crippen LogP) is 2.32. The van der Waals surface area contributed by atoms with E-state index in [2.05, 4.69) is 12.4 Å². The van der Waals surface area contributed by atoms with Crippen molar-refractivity contribution in [3.05, 3.63) is 0 Å². The first-order chi connectivity index (χ1) is 4.81. The van der Waals surface area contributed by atoms with Gasteiger partial charge in [-0.3, -0.25) is 0 Å². The maximum atomic E-state index is 8.44. The molecule has 0 rings (SSSR count). The third-order valence-electron chi connectivity index (χ3n) is 1.71. The van der Waals surface area contributed by atoms with E-state index in [0.29, 0.717) is 0 Å². The third-order valence-corrected chi connectivity index (χ3v) is 1.71. The van der Waals surface area contributed by atoms with E-state index in [4.69, 9.17) is 5.21 Å². The van der Waals surface area contributed by atoms with Crippen molar-refractivity contribution in [2.45, 2.75) is 52.0 Å². The Morgan fingerprint density at radius 1 is 1.30 bits per heavy atom. The predicted molar refractivity (Wildman–Crippen MR) is 43.1 cm³/mol. The molecule has 10 heavy (non-hydrogen) atoms. The number of hydroxylamine groups is 1. The van der Waals surface area contributed by atoms with Gasteiger partial charge in [-0.15, -0.1) is 0 Å². The van der Waals surface area contributed by atoms with Crippen LogP contribution < -0.4 is 5.48 Å². The standard InChI is InChI=1S/C8H19NO/c1-3-4-5-6-7-8(2)9-10/h8-10H,3-7H2,1-2H3. The lowest BCUT2D eigenvalue weighted by Crippen LogP contribution is -2.21. The van der Waals surface area contributed by atoms with Gasteiger partial charge in [0.25, 0.3) is 0 Å². The summed E-state index contributed by atoms with van der Waals surface area (Å²) in [7, 11) is 0. The summed E-state index contributed by atoms with van der Waals surface area (Å²) in [6.45, 7) is 4.19. The first kappa shape index (κ1) is 9.92. The highest BCUT2D eigenvalue weighted by molar-refractivity contribution is 4.53. The summed E-state index contributed by atoms with van der Waals surface area (Å²) in [5, 5.41) is 8.44. The quantitative estimate of drug-likeness (QED) is 0.444. The van der Waals surface area contributed by atoms with E-state index >= 15 is 0 Å². The molecule has 0 spiro atoms. The molecule has 1 unspecified atom stereocenters. The van der Waals surface area contributed by atoms with Crippen LogP contribution in [0.25, 0.3) is 0 Å². The molecule has 0 aliphatic carbocycles. The van der Waals surface area contributed by atoms with Crippen LogP contribution in [0.5, 0.6) is 0 Å². The molecular weight excluding hydrogens is 126 g/mol. The van der Waals surface area contributed by atoms with Gasteiger partial charge in [0.1, 0.15) is 0 Å². The van der Waals surface area contributed by atoms with Gasteiger partial charge < -0.3 is 5.21 Å². The molecule has 0 heterocycles. The summed E-state index contributed by atoms with van der Waals surface area (Å²) in [5.41, 5.74) is 2.24. The maximum Gasteiger partial charge on any atom is 0.0291 e. The van der Waals surface area contributed by atoms with Crippen molar-refractivity contribution in [1.29, 1.82) is 0 Å². The molecule has 0 aliphatic heterocycles. The van der Waals surface area contributed by atoms with Crippen LogP contribution in [0.2, 0.25) is 0 Å². The van der Waals surface area contributed by atoms with Gasteiger partial charge in [-0.1, -0.05) is 32.6 Å². The van der Waals surface area contributed by atoms with Crippen LogP contribution in [-0.2, 0) is 0 Å². The Kier molecular flexibility index (Phi) is 6.98. The SMILES string of the molecule is CCCCCCC(C)NO. The third kappa shape index (κ3) is 6.05. The van der Waals surface area contributed by atoms with Crippen molar-refractivity contribution < 1.29 is 5.21 Å². The summed E-state index contributed by atoms with van der Waals surface area (Å²) in [6.07, 6.45) is 6.20. The summed E-state index contributed by atoms with van der Waals surface area (Å²) in [6, 6.07) is 0.261. The molecule has 0 radical (unpaired) electrons. The van der Waals surface area contributed by atoms with Gasteiger partial charge in [0.05, 0.1) is 0 Å². The van der Waals surface area contributed by atoms with E-state index in [0.717, 1.165) is 6.42 Å². The number of nitrogens with one attached hydrogen (secondary N) is 1. The summed E-state index contributed by atoms with van der Waals surface area (Å²) >= 11 is 0. The van der Waals surface area contributed by atoms with Crippen molar-refractivity contribution in [3.63, 3.8) is 0 Å². The van der Waals surface area contributed by atoms with E-state index in [1.807, 2.05) is 6.92 Å². The average molecular weight is 145 g/mol. The van der Waals surface area contributed by atoms with Crippen LogP contribution in [0.1, 0.15) is 46.0 Å². The highest BCUT2D eigenvalue weighted by Crippen LogP contribution is 2.04. The van der Waals surface area contributed by atoms with E-state index in [1.54, 1.807) is 0 Å². The highest BCUT2D eigenvalue weighted by atomic mass is 16.5. The normalized spacial score (nSPS) is 13.5. The smallest absolute Gasteiger partial charge is 0.0291 e. The van der Waals surface area contributed by atoms with Crippen LogP contribution in [0.15, 0.2) is 0 Å². The van der Waals surface area contributed by atoms with E-state index in [9.17, 15) is 0 Å². The van der Waals surface area contributed by atoms with E-state index in [-0.39, 0.29) is 6.04 Å². The number of unbranched alkanes of at least 4 members (excludes halogenated alkanes) is 3. The molecule has 0 fully saturated rings.